The van der Waals surface area contributed by atoms with Gasteiger partial charge in [0, 0.05) is 26.3 Å². The molecule has 124 valence electrons. The Morgan fingerprint density at radius 2 is 1.76 bits per heavy atom. The highest BCUT2D eigenvalue weighted by Crippen LogP contribution is 2.31. The van der Waals surface area contributed by atoms with Crippen molar-refractivity contribution >= 4 is 24.2 Å². The second-order valence-corrected chi connectivity index (χ2v) is 5.63. The van der Waals surface area contributed by atoms with E-state index in [1.54, 1.807) is 0 Å². The number of ether oxygens (including phenoxy) is 1. The van der Waals surface area contributed by atoms with E-state index in [4.69, 9.17) is 16.2 Å². The van der Waals surface area contributed by atoms with Crippen LogP contribution in [0.1, 0.15) is 39.5 Å². The normalized spacial score (nSPS) is 17.7. The van der Waals surface area contributed by atoms with E-state index < -0.39 is 10.8 Å². The van der Waals surface area contributed by atoms with E-state index in [0.717, 1.165) is 0 Å². The first-order chi connectivity index (χ1) is 9.46. The smallest absolute Gasteiger partial charge is 0.227 e. The molecule has 0 atom stereocenters. The van der Waals surface area contributed by atoms with E-state index in [9.17, 15) is 9.59 Å². The standard InChI is InChI=1S/C14H27N3O3.ClH/c1-3-13(4-2,9-15)12(19)17-10-14(11(16)18)5-7-20-8-6-14;/h3-10,15H2,1-2H3,(H2,16,18)(H,17,19);1H. The molecule has 1 rings (SSSR count). The number of rotatable bonds is 7. The SMILES string of the molecule is CCC(CC)(CN)C(=O)NCC1(C(N)=O)CCOCC1.Cl. The van der Waals surface area contributed by atoms with E-state index in [-0.39, 0.29) is 30.8 Å². The number of hydrogen-bond acceptors (Lipinski definition) is 4. The highest BCUT2D eigenvalue weighted by atomic mass is 35.5. The molecule has 7 heteroatoms. The zero-order chi connectivity index (χ0) is 15.2. The summed E-state index contributed by atoms with van der Waals surface area (Å²) in [6.45, 7) is 5.48. The number of nitrogens with one attached hydrogen (secondary N) is 1. The highest BCUT2D eigenvalue weighted by Gasteiger charge is 2.41. The average Bonchev–Trinajstić information content (AvgIpc) is 2.48. The number of carbonyl (C=O) groups excluding carboxylic acids is 2. The maximum absolute atomic E-state index is 12.4. The lowest BCUT2D eigenvalue weighted by atomic mass is 9.78. The Labute approximate surface area is 132 Å². The van der Waals surface area contributed by atoms with Crippen molar-refractivity contribution in [2.24, 2.45) is 22.3 Å². The first-order valence-electron chi connectivity index (χ1n) is 7.32. The summed E-state index contributed by atoms with van der Waals surface area (Å²) in [6, 6.07) is 0. The van der Waals surface area contributed by atoms with Crippen molar-refractivity contribution in [2.45, 2.75) is 39.5 Å². The topological polar surface area (TPSA) is 107 Å². The minimum atomic E-state index is -0.685. The molecular weight excluding hydrogens is 294 g/mol. The zero-order valence-corrected chi connectivity index (χ0v) is 13.8. The molecule has 0 bridgehead atoms. The van der Waals surface area contributed by atoms with Crippen molar-refractivity contribution in [3.8, 4) is 0 Å². The number of amides is 2. The molecule has 1 aliphatic heterocycles. The molecule has 0 spiro atoms. The Hall–Kier alpha value is -0.850. The van der Waals surface area contributed by atoms with Gasteiger partial charge in [0.2, 0.25) is 11.8 Å². The summed E-state index contributed by atoms with van der Waals surface area (Å²) in [6.07, 6.45) is 2.46. The van der Waals surface area contributed by atoms with Gasteiger partial charge in [-0.3, -0.25) is 9.59 Å². The van der Waals surface area contributed by atoms with Gasteiger partial charge < -0.3 is 21.5 Å². The van der Waals surface area contributed by atoms with Crippen LogP contribution in [0.4, 0.5) is 0 Å². The Balaban J connectivity index is 0.00000400. The lowest BCUT2D eigenvalue weighted by molar-refractivity contribution is -0.136. The fourth-order valence-electron chi connectivity index (χ4n) is 2.66. The molecule has 1 aliphatic rings. The summed E-state index contributed by atoms with van der Waals surface area (Å²) in [5.74, 6) is -0.454. The summed E-state index contributed by atoms with van der Waals surface area (Å²) < 4.78 is 5.27. The van der Waals surface area contributed by atoms with E-state index in [0.29, 0.717) is 45.4 Å². The molecule has 1 fully saturated rings. The molecule has 6 nitrogen and oxygen atoms in total. The molecule has 0 unspecified atom stereocenters. The summed E-state index contributed by atoms with van der Waals surface area (Å²) in [7, 11) is 0. The summed E-state index contributed by atoms with van der Waals surface area (Å²) in [4.78, 5) is 24.1. The monoisotopic (exact) mass is 321 g/mol. The predicted molar refractivity (Wildman–Crippen MR) is 84.0 cm³/mol. The lowest BCUT2D eigenvalue weighted by Crippen LogP contribution is -2.53. The van der Waals surface area contributed by atoms with Crippen molar-refractivity contribution in [2.75, 3.05) is 26.3 Å². The van der Waals surface area contributed by atoms with Crippen LogP contribution in [0.5, 0.6) is 0 Å². The maximum atomic E-state index is 12.4. The quantitative estimate of drug-likeness (QED) is 0.637. The molecule has 1 heterocycles. The molecule has 0 radical (unpaired) electrons. The number of halogens is 1. The minimum absolute atomic E-state index is 0. The fourth-order valence-corrected chi connectivity index (χ4v) is 2.66. The van der Waals surface area contributed by atoms with Crippen molar-refractivity contribution in [3.05, 3.63) is 0 Å². The van der Waals surface area contributed by atoms with Crippen molar-refractivity contribution in [1.82, 2.24) is 5.32 Å². The first-order valence-corrected chi connectivity index (χ1v) is 7.32. The lowest BCUT2D eigenvalue weighted by Gasteiger charge is -2.36. The third-order valence-electron chi connectivity index (χ3n) is 4.79. The molecule has 0 saturated carbocycles. The van der Waals surface area contributed by atoms with Crippen LogP contribution in [0.15, 0.2) is 0 Å². The van der Waals surface area contributed by atoms with Gasteiger partial charge in [0.25, 0.3) is 0 Å². The van der Waals surface area contributed by atoms with Gasteiger partial charge in [-0.1, -0.05) is 13.8 Å². The van der Waals surface area contributed by atoms with Gasteiger partial charge in [0.1, 0.15) is 0 Å². The zero-order valence-electron chi connectivity index (χ0n) is 12.9. The van der Waals surface area contributed by atoms with Gasteiger partial charge in [0.15, 0.2) is 0 Å². The van der Waals surface area contributed by atoms with Gasteiger partial charge in [0.05, 0.1) is 10.8 Å². The summed E-state index contributed by atoms with van der Waals surface area (Å²) in [5.41, 5.74) is 10.0. The van der Waals surface area contributed by atoms with E-state index in [1.165, 1.54) is 0 Å². The van der Waals surface area contributed by atoms with Gasteiger partial charge in [-0.05, 0) is 25.7 Å². The predicted octanol–water partition coefficient (Wildman–Crippen LogP) is 0.572. The fraction of sp³-hybridized carbons (Fsp3) is 0.857. The highest BCUT2D eigenvalue weighted by molar-refractivity contribution is 5.85. The van der Waals surface area contributed by atoms with Crippen LogP contribution < -0.4 is 16.8 Å². The van der Waals surface area contributed by atoms with Gasteiger partial charge in [-0.2, -0.15) is 0 Å². The molecule has 21 heavy (non-hydrogen) atoms. The van der Waals surface area contributed by atoms with Crippen LogP contribution in [-0.2, 0) is 14.3 Å². The number of hydrogen-bond donors (Lipinski definition) is 3. The molecule has 2 amide bonds. The van der Waals surface area contributed by atoms with Gasteiger partial charge >= 0.3 is 0 Å². The molecule has 0 aromatic rings. The molecule has 1 saturated heterocycles. The Morgan fingerprint density at radius 3 is 2.14 bits per heavy atom. The maximum Gasteiger partial charge on any atom is 0.227 e. The molecule has 0 aromatic carbocycles. The average molecular weight is 322 g/mol. The van der Waals surface area contributed by atoms with Crippen LogP contribution in [0.3, 0.4) is 0 Å². The van der Waals surface area contributed by atoms with Crippen LogP contribution in [0, 0.1) is 10.8 Å². The third-order valence-corrected chi connectivity index (χ3v) is 4.79. The van der Waals surface area contributed by atoms with Crippen LogP contribution in [0.2, 0.25) is 0 Å². The Morgan fingerprint density at radius 1 is 1.24 bits per heavy atom. The largest absolute Gasteiger partial charge is 0.381 e. The summed E-state index contributed by atoms with van der Waals surface area (Å²) in [5, 5.41) is 2.89. The van der Waals surface area contributed by atoms with Gasteiger partial charge in [-0.25, -0.2) is 0 Å². The molecule has 0 aliphatic carbocycles. The Bertz CT molecular complexity index is 345. The van der Waals surface area contributed by atoms with E-state index in [2.05, 4.69) is 5.32 Å². The second kappa shape index (κ2) is 8.56. The Kier molecular flexibility index (Phi) is 8.21. The van der Waals surface area contributed by atoms with Crippen LogP contribution in [0.25, 0.3) is 0 Å². The second-order valence-electron chi connectivity index (χ2n) is 5.63. The third kappa shape index (κ3) is 4.31. The molecule has 5 N–H and O–H groups in total. The first kappa shape index (κ1) is 20.1. The van der Waals surface area contributed by atoms with E-state index >= 15 is 0 Å². The molecular formula is C14H28ClN3O3. The van der Waals surface area contributed by atoms with Gasteiger partial charge in [-0.15, -0.1) is 12.4 Å². The minimum Gasteiger partial charge on any atom is -0.381 e. The van der Waals surface area contributed by atoms with Crippen LogP contribution in [-0.4, -0.2) is 38.1 Å². The number of nitrogens with two attached hydrogens (primary N) is 2. The van der Waals surface area contributed by atoms with E-state index in [1.807, 2.05) is 13.8 Å². The van der Waals surface area contributed by atoms with Crippen molar-refractivity contribution in [3.63, 3.8) is 0 Å². The van der Waals surface area contributed by atoms with Crippen molar-refractivity contribution < 1.29 is 14.3 Å². The van der Waals surface area contributed by atoms with Crippen LogP contribution >= 0.6 is 12.4 Å². The molecule has 0 aromatic heterocycles. The number of carbonyl (C=O) groups is 2. The number of primary amides is 1. The summed E-state index contributed by atoms with van der Waals surface area (Å²) >= 11 is 0. The van der Waals surface area contributed by atoms with Crippen molar-refractivity contribution in [1.29, 1.82) is 0 Å².